The fourth-order valence-corrected chi connectivity index (χ4v) is 2.00. The van der Waals surface area contributed by atoms with Crippen LogP contribution in [-0.4, -0.2) is 12.1 Å². The Bertz CT molecular complexity index is 399. The molecule has 0 amide bonds. The van der Waals surface area contributed by atoms with Crippen LogP contribution in [0.5, 0.6) is 5.75 Å². The largest absolute Gasteiger partial charge is 0.486 e. The first kappa shape index (κ1) is 14.3. The second-order valence-corrected chi connectivity index (χ2v) is 5.77. The SMILES string of the molecule is Cc1cc(Cl)c(C(C)C)cc1OC(C)(C)CN. The molecule has 17 heavy (non-hydrogen) atoms. The van der Waals surface area contributed by atoms with Crippen molar-refractivity contribution in [2.75, 3.05) is 6.54 Å². The predicted molar refractivity (Wildman–Crippen MR) is 74.0 cm³/mol. The van der Waals surface area contributed by atoms with Gasteiger partial charge < -0.3 is 10.5 Å². The van der Waals surface area contributed by atoms with Crippen molar-refractivity contribution >= 4 is 11.6 Å². The van der Waals surface area contributed by atoms with Gasteiger partial charge in [-0.2, -0.15) is 0 Å². The number of hydrogen-bond acceptors (Lipinski definition) is 2. The minimum Gasteiger partial charge on any atom is -0.486 e. The maximum absolute atomic E-state index is 6.22. The van der Waals surface area contributed by atoms with Crippen LogP contribution in [0.1, 0.15) is 44.7 Å². The van der Waals surface area contributed by atoms with Crippen LogP contribution in [0.25, 0.3) is 0 Å². The molecule has 2 nitrogen and oxygen atoms in total. The number of nitrogens with two attached hydrogens (primary N) is 1. The summed E-state index contributed by atoms with van der Waals surface area (Å²) < 4.78 is 5.94. The van der Waals surface area contributed by atoms with Gasteiger partial charge in [0.05, 0.1) is 0 Å². The average Bonchev–Trinajstić information content (AvgIpc) is 2.21. The molecule has 3 heteroatoms. The molecule has 0 heterocycles. The first-order valence-electron chi connectivity index (χ1n) is 5.96. The van der Waals surface area contributed by atoms with E-state index in [2.05, 4.69) is 13.8 Å². The third-order valence-electron chi connectivity index (χ3n) is 2.79. The smallest absolute Gasteiger partial charge is 0.123 e. The van der Waals surface area contributed by atoms with E-state index < -0.39 is 0 Å². The molecule has 1 aromatic carbocycles. The minimum absolute atomic E-state index is 0.354. The van der Waals surface area contributed by atoms with Crippen molar-refractivity contribution in [2.45, 2.75) is 46.1 Å². The van der Waals surface area contributed by atoms with Crippen LogP contribution < -0.4 is 10.5 Å². The predicted octanol–water partition coefficient (Wildman–Crippen LogP) is 3.89. The molecule has 0 aromatic heterocycles. The van der Waals surface area contributed by atoms with Crippen LogP contribution in [0.15, 0.2) is 12.1 Å². The van der Waals surface area contributed by atoms with Crippen molar-refractivity contribution in [3.63, 3.8) is 0 Å². The molecule has 0 aliphatic heterocycles. The van der Waals surface area contributed by atoms with E-state index in [-0.39, 0.29) is 5.60 Å². The average molecular weight is 256 g/mol. The van der Waals surface area contributed by atoms with Gasteiger partial charge in [-0.3, -0.25) is 0 Å². The van der Waals surface area contributed by atoms with Crippen LogP contribution >= 0.6 is 11.6 Å². The Hall–Kier alpha value is -0.730. The molecule has 96 valence electrons. The Kier molecular flexibility index (Phi) is 4.45. The first-order chi connectivity index (χ1) is 7.76. The van der Waals surface area contributed by atoms with E-state index in [0.717, 1.165) is 21.9 Å². The molecule has 0 spiro atoms. The molecule has 0 atom stereocenters. The second kappa shape index (κ2) is 5.28. The monoisotopic (exact) mass is 255 g/mol. The van der Waals surface area contributed by atoms with Gasteiger partial charge in [0.15, 0.2) is 0 Å². The Morgan fingerprint density at radius 2 is 1.94 bits per heavy atom. The number of rotatable bonds is 4. The Morgan fingerprint density at radius 1 is 1.35 bits per heavy atom. The molecule has 0 radical (unpaired) electrons. The summed E-state index contributed by atoms with van der Waals surface area (Å²) in [4.78, 5) is 0. The molecule has 0 saturated carbocycles. The zero-order valence-corrected chi connectivity index (χ0v) is 12.1. The highest BCUT2D eigenvalue weighted by molar-refractivity contribution is 6.31. The van der Waals surface area contributed by atoms with Crippen LogP contribution in [0.2, 0.25) is 5.02 Å². The summed E-state index contributed by atoms with van der Waals surface area (Å²) in [5, 5.41) is 0.801. The van der Waals surface area contributed by atoms with Crippen LogP contribution in [0, 0.1) is 6.92 Å². The minimum atomic E-state index is -0.354. The van der Waals surface area contributed by atoms with Gasteiger partial charge in [0.25, 0.3) is 0 Å². The van der Waals surface area contributed by atoms with Crippen LogP contribution in [-0.2, 0) is 0 Å². The summed E-state index contributed by atoms with van der Waals surface area (Å²) in [5.41, 5.74) is 7.48. The molecule has 0 unspecified atom stereocenters. The van der Waals surface area contributed by atoms with Gasteiger partial charge in [0.2, 0.25) is 0 Å². The lowest BCUT2D eigenvalue weighted by atomic mass is 10.0. The van der Waals surface area contributed by atoms with E-state index in [1.165, 1.54) is 0 Å². The standard InChI is InChI=1S/C14H22ClNO/c1-9(2)11-7-13(10(3)6-12(11)15)17-14(4,5)8-16/h6-7,9H,8,16H2,1-5H3. The maximum Gasteiger partial charge on any atom is 0.123 e. The highest BCUT2D eigenvalue weighted by Gasteiger charge is 2.19. The van der Waals surface area contributed by atoms with Crippen molar-refractivity contribution in [2.24, 2.45) is 5.73 Å². The number of halogens is 1. The van der Waals surface area contributed by atoms with E-state index in [0.29, 0.717) is 12.5 Å². The van der Waals surface area contributed by atoms with Gasteiger partial charge in [-0.25, -0.2) is 0 Å². The Morgan fingerprint density at radius 3 is 2.41 bits per heavy atom. The summed E-state index contributed by atoms with van der Waals surface area (Å²) in [6, 6.07) is 3.98. The van der Waals surface area contributed by atoms with E-state index in [1.807, 2.05) is 32.9 Å². The van der Waals surface area contributed by atoms with Gasteiger partial charge >= 0.3 is 0 Å². The number of benzene rings is 1. The zero-order chi connectivity index (χ0) is 13.2. The Labute approximate surface area is 109 Å². The maximum atomic E-state index is 6.22. The summed E-state index contributed by atoms with van der Waals surface area (Å²) >= 11 is 6.22. The summed E-state index contributed by atoms with van der Waals surface area (Å²) in [6.07, 6.45) is 0. The highest BCUT2D eigenvalue weighted by Crippen LogP contribution is 2.32. The molecule has 0 fully saturated rings. The fourth-order valence-electron chi connectivity index (χ4n) is 1.56. The second-order valence-electron chi connectivity index (χ2n) is 5.36. The van der Waals surface area contributed by atoms with Gasteiger partial charge in [0, 0.05) is 11.6 Å². The summed E-state index contributed by atoms with van der Waals surface area (Å²) in [5.74, 6) is 1.25. The van der Waals surface area contributed by atoms with E-state index in [9.17, 15) is 0 Å². The fraction of sp³-hybridized carbons (Fsp3) is 0.571. The van der Waals surface area contributed by atoms with Gasteiger partial charge in [-0.05, 0) is 49.9 Å². The molecule has 0 aliphatic carbocycles. The lowest BCUT2D eigenvalue weighted by Crippen LogP contribution is -2.37. The van der Waals surface area contributed by atoms with Crippen molar-refractivity contribution in [3.05, 3.63) is 28.3 Å². The third kappa shape index (κ3) is 3.62. The summed E-state index contributed by atoms with van der Waals surface area (Å²) in [7, 11) is 0. The van der Waals surface area contributed by atoms with Gasteiger partial charge in [-0.1, -0.05) is 25.4 Å². The van der Waals surface area contributed by atoms with Gasteiger partial charge in [-0.15, -0.1) is 0 Å². The first-order valence-corrected chi connectivity index (χ1v) is 6.34. The number of aryl methyl sites for hydroxylation is 1. The van der Waals surface area contributed by atoms with E-state index in [4.69, 9.17) is 22.1 Å². The topological polar surface area (TPSA) is 35.2 Å². The van der Waals surface area contributed by atoms with Crippen LogP contribution in [0.4, 0.5) is 0 Å². The quantitative estimate of drug-likeness (QED) is 0.886. The van der Waals surface area contributed by atoms with Crippen molar-refractivity contribution in [1.29, 1.82) is 0 Å². The highest BCUT2D eigenvalue weighted by atomic mass is 35.5. The Balaban J connectivity index is 3.12. The molecule has 2 N–H and O–H groups in total. The van der Waals surface area contributed by atoms with E-state index in [1.54, 1.807) is 0 Å². The van der Waals surface area contributed by atoms with Crippen molar-refractivity contribution < 1.29 is 4.74 Å². The lowest BCUT2D eigenvalue weighted by molar-refractivity contribution is 0.117. The van der Waals surface area contributed by atoms with Crippen molar-refractivity contribution in [3.8, 4) is 5.75 Å². The number of ether oxygens (including phenoxy) is 1. The van der Waals surface area contributed by atoms with Crippen LogP contribution in [0.3, 0.4) is 0 Å². The summed E-state index contributed by atoms with van der Waals surface area (Å²) in [6.45, 7) is 10.7. The molecule has 1 aromatic rings. The number of hydrogen-bond donors (Lipinski definition) is 1. The lowest BCUT2D eigenvalue weighted by Gasteiger charge is -2.26. The van der Waals surface area contributed by atoms with Gasteiger partial charge in [0.1, 0.15) is 11.4 Å². The molecule has 0 aliphatic rings. The molecular weight excluding hydrogens is 234 g/mol. The normalized spacial score (nSPS) is 12.0. The molecule has 0 saturated heterocycles. The zero-order valence-electron chi connectivity index (χ0n) is 11.3. The molecule has 0 bridgehead atoms. The molecule has 1 rings (SSSR count). The van der Waals surface area contributed by atoms with E-state index >= 15 is 0 Å². The van der Waals surface area contributed by atoms with Crippen molar-refractivity contribution in [1.82, 2.24) is 0 Å². The third-order valence-corrected chi connectivity index (χ3v) is 3.12. The molecular formula is C14H22ClNO.